The number of hydrogen-bond acceptors (Lipinski definition) is 3. The number of alkyl halides is 3. The van der Waals surface area contributed by atoms with Crippen molar-refractivity contribution in [3.8, 4) is 10.6 Å². The Balaban J connectivity index is 1.75. The molecule has 26 heavy (non-hydrogen) atoms. The van der Waals surface area contributed by atoms with Crippen LogP contribution in [0.25, 0.3) is 16.3 Å². The van der Waals surface area contributed by atoms with Crippen LogP contribution < -0.4 is 5.32 Å². The third-order valence-corrected chi connectivity index (χ3v) is 5.14. The number of hydrogen-bond donors (Lipinski definition) is 1. The fraction of sp³-hybridized carbons (Fsp3) is 0.150. The lowest BCUT2D eigenvalue weighted by molar-refractivity contribution is -0.137. The maximum absolute atomic E-state index is 12.7. The summed E-state index contributed by atoms with van der Waals surface area (Å²) in [5.74, 6) is 0. The maximum atomic E-state index is 12.7. The average Bonchev–Trinajstić information content (AvgIpc) is 3.02. The van der Waals surface area contributed by atoms with Gasteiger partial charge in [-0.15, -0.1) is 11.3 Å². The molecule has 0 aliphatic heterocycles. The average molecular weight is 374 g/mol. The Morgan fingerprint density at radius 1 is 1.08 bits per heavy atom. The molecule has 0 saturated heterocycles. The van der Waals surface area contributed by atoms with Gasteiger partial charge < -0.3 is 5.32 Å². The molecule has 2 aromatic carbocycles. The molecular formula is C20H17F3N2S. The van der Waals surface area contributed by atoms with Gasteiger partial charge in [0.1, 0.15) is 5.01 Å². The highest BCUT2D eigenvalue weighted by atomic mass is 32.1. The second-order valence-corrected chi connectivity index (χ2v) is 6.83. The molecule has 0 amide bonds. The topological polar surface area (TPSA) is 24.9 Å². The van der Waals surface area contributed by atoms with E-state index in [0.29, 0.717) is 17.1 Å². The first kappa shape index (κ1) is 18.2. The molecule has 3 rings (SSSR count). The fourth-order valence-electron chi connectivity index (χ4n) is 2.49. The van der Waals surface area contributed by atoms with E-state index in [1.807, 2.05) is 37.3 Å². The third kappa shape index (κ3) is 4.14. The fourth-order valence-corrected chi connectivity index (χ4v) is 3.51. The molecule has 0 bridgehead atoms. The molecule has 6 heteroatoms. The van der Waals surface area contributed by atoms with E-state index in [1.54, 1.807) is 0 Å². The van der Waals surface area contributed by atoms with Crippen molar-refractivity contribution in [2.45, 2.75) is 19.6 Å². The molecule has 1 N–H and O–H groups in total. The van der Waals surface area contributed by atoms with Gasteiger partial charge in [0.05, 0.1) is 16.1 Å². The van der Waals surface area contributed by atoms with Crippen molar-refractivity contribution >= 4 is 17.0 Å². The Labute approximate surface area is 154 Å². The predicted octanol–water partition coefficient (Wildman–Crippen LogP) is 5.90. The normalized spacial score (nSPS) is 11.4. The minimum atomic E-state index is -4.34. The van der Waals surface area contributed by atoms with Crippen LogP contribution in [0.15, 0.2) is 61.2 Å². The van der Waals surface area contributed by atoms with Crippen LogP contribution in [-0.4, -0.2) is 4.98 Å². The molecule has 0 aliphatic rings. The molecule has 0 radical (unpaired) electrons. The van der Waals surface area contributed by atoms with Gasteiger partial charge in [0.2, 0.25) is 0 Å². The summed E-state index contributed by atoms with van der Waals surface area (Å²) in [4.78, 5) is 5.38. The number of benzene rings is 2. The molecular weight excluding hydrogens is 357 g/mol. The highest BCUT2D eigenvalue weighted by molar-refractivity contribution is 7.16. The number of aryl methyl sites for hydroxylation is 1. The third-order valence-electron chi connectivity index (χ3n) is 3.88. The van der Waals surface area contributed by atoms with Gasteiger partial charge in [-0.2, -0.15) is 13.2 Å². The smallest absolute Gasteiger partial charge is 0.380 e. The second kappa shape index (κ2) is 7.33. The lowest BCUT2D eigenvalue weighted by atomic mass is 10.1. The van der Waals surface area contributed by atoms with Crippen LogP contribution >= 0.6 is 11.3 Å². The standard InChI is InChI=1S/C20H17F3N2S/c1-13(24-12-15-6-4-3-5-7-15)18-14(2)25-19(26-18)16-8-10-17(11-9-16)20(21,22)23/h3-11,24H,1,12H2,2H3. The summed E-state index contributed by atoms with van der Waals surface area (Å²) in [6.45, 7) is 6.58. The molecule has 0 spiro atoms. The number of rotatable bonds is 5. The van der Waals surface area contributed by atoms with E-state index in [-0.39, 0.29) is 0 Å². The zero-order chi connectivity index (χ0) is 18.7. The summed E-state index contributed by atoms with van der Waals surface area (Å²) in [5, 5.41) is 3.95. The number of aromatic nitrogens is 1. The van der Waals surface area contributed by atoms with Gasteiger partial charge >= 0.3 is 6.18 Å². The number of nitrogens with zero attached hydrogens (tertiary/aromatic N) is 1. The van der Waals surface area contributed by atoms with Crippen molar-refractivity contribution in [3.63, 3.8) is 0 Å². The first-order valence-corrected chi connectivity index (χ1v) is 8.78. The van der Waals surface area contributed by atoms with E-state index in [1.165, 1.54) is 23.5 Å². The van der Waals surface area contributed by atoms with E-state index in [4.69, 9.17) is 0 Å². The molecule has 1 heterocycles. The van der Waals surface area contributed by atoms with Gasteiger partial charge in [-0.3, -0.25) is 0 Å². The summed E-state index contributed by atoms with van der Waals surface area (Å²) in [6, 6.07) is 15.0. The van der Waals surface area contributed by atoms with Crippen molar-refractivity contribution in [1.82, 2.24) is 10.3 Å². The van der Waals surface area contributed by atoms with Crippen LogP contribution in [0.2, 0.25) is 0 Å². The zero-order valence-corrected chi connectivity index (χ0v) is 14.9. The Kier molecular flexibility index (Phi) is 5.13. The van der Waals surface area contributed by atoms with Crippen molar-refractivity contribution in [2.24, 2.45) is 0 Å². The van der Waals surface area contributed by atoms with Crippen LogP contribution in [-0.2, 0) is 12.7 Å². The second-order valence-electron chi connectivity index (χ2n) is 5.83. The molecule has 0 saturated carbocycles. The van der Waals surface area contributed by atoms with Crippen LogP contribution in [0.3, 0.4) is 0 Å². The lowest BCUT2D eigenvalue weighted by Gasteiger charge is -2.08. The van der Waals surface area contributed by atoms with Gasteiger partial charge in [-0.05, 0) is 24.6 Å². The van der Waals surface area contributed by atoms with E-state index < -0.39 is 11.7 Å². The minimum absolute atomic E-state index is 0.645. The number of thiazole rings is 1. The van der Waals surface area contributed by atoms with Crippen molar-refractivity contribution in [1.29, 1.82) is 0 Å². The Morgan fingerprint density at radius 3 is 2.35 bits per heavy atom. The van der Waals surface area contributed by atoms with Crippen LogP contribution in [0.1, 0.15) is 21.7 Å². The van der Waals surface area contributed by atoms with E-state index in [9.17, 15) is 13.2 Å². The summed E-state index contributed by atoms with van der Waals surface area (Å²) in [5.41, 5.74) is 2.69. The van der Waals surface area contributed by atoms with Gasteiger partial charge in [0, 0.05) is 17.8 Å². The Hall–Kier alpha value is -2.60. The summed E-state index contributed by atoms with van der Waals surface area (Å²) in [7, 11) is 0. The molecule has 2 nitrogen and oxygen atoms in total. The van der Waals surface area contributed by atoms with Gasteiger partial charge in [0.15, 0.2) is 0 Å². The lowest BCUT2D eigenvalue weighted by Crippen LogP contribution is -2.10. The number of nitrogens with one attached hydrogen (secondary N) is 1. The molecule has 0 unspecified atom stereocenters. The van der Waals surface area contributed by atoms with E-state index in [2.05, 4.69) is 16.9 Å². The zero-order valence-electron chi connectivity index (χ0n) is 14.1. The monoisotopic (exact) mass is 374 g/mol. The minimum Gasteiger partial charge on any atom is -0.380 e. The highest BCUT2D eigenvalue weighted by Gasteiger charge is 2.30. The first-order chi connectivity index (χ1) is 12.3. The molecule has 0 fully saturated rings. The summed E-state index contributed by atoms with van der Waals surface area (Å²) >= 11 is 1.41. The SMILES string of the molecule is C=C(NCc1ccccc1)c1sc(-c2ccc(C(F)(F)F)cc2)nc1C. The quantitative estimate of drug-likeness (QED) is 0.602. The van der Waals surface area contributed by atoms with Crippen molar-refractivity contribution in [3.05, 3.63) is 82.9 Å². The molecule has 0 aliphatic carbocycles. The molecule has 0 atom stereocenters. The molecule has 1 aromatic heterocycles. The van der Waals surface area contributed by atoms with Gasteiger partial charge in [-0.25, -0.2) is 4.98 Å². The predicted molar refractivity (Wildman–Crippen MR) is 99.6 cm³/mol. The van der Waals surface area contributed by atoms with Crippen LogP contribution in [0.4, 0.5) is 13.2 Å². The number of halogens is 3. The van der Waals surface area contributed by atoms with Crippen LogP contribution in [0.5, 0.6) is 0 Å². The Bertz CT molecular complexity index is 897. The summed E-state index contributed by atoms with van der Waals surface area (Å²) < 4.78 is 38.1. The van der Waals surface area contributed by atoms with Gasteiger partial charge in [-0.1, -0.05) is 49.0 Å². The van der Waals surface area contributed by atoms with Crippen molar-refractivity contribution < 1.29 is 13.2 Å². The summed E-state index contributed by atoms with van der Waals surface area (Å²) in [6.07, 6.45) is -4.34. The molecule has 3 aromatic rings. The Morgan fingerprint density at radius 2 is 1.73 bits per heavy atom. The maximum Gasteiger partial charge on any atom is 0.416 e. The largest absolute Gasteiger partial charge is 0.416 e. The highest BCUT2D eigenvalue weighted by Crippen LogP contribution is 2.34. The van der Waals surface area contributed by atoms with Crippen molar-refractivity contribution in [2.75, 3.05) is 0 Å². The first-order valence-electron chi connectivity index (χ1n) is 7.97. The van der Waals surface area contributed by atoms with Crippen LogP contribution in [0, 0.1) is 6.92 Å². The molecule has 134 valence electrons. The van der Waals surface area contributed by atoms with E-state index >= 15 is 0 Å². The van der Waals surface area contributed by atoms with E-state index in [0.717, 1.165) is 34.0 Å². The van der Waals surface area contributed by atoms with Gasteiger partial charge in [0.25, 0.3) is 0 Å².